The molecule has 0 saturated heterocycles. The van der Waals surface area contributed by atoms with Crippen LogP contribution in [0.4, 0.5) is 0 Å². The Hall–Kier alpha value is -2.75. The number of hydrogen-bond donors (Lipinski definition) is 2. The van der Waals surface area contributed by atoms with Gasteiger partial charge in [0.15, 0.2) is 11.5 Å². The van der Waals surface area contributed by atoms with Crippen LogP contribution < -0.4 is 5.63 Å². The summed E-state index contributed by atoms with van der Waals surface area (Å²) in [6.45, 7) is 1.94. The van der Waals surface area contributed by atoms with Crippen molar-refractivity contribution in [1.29, 1.82) is 0 Å². The molecule has 0 saturated carbocycles. The Kier molecular flexibility index (Phi) is 2.71. The van der Waals surface area contributed by atoms with Gasteiger partial charge in [-0.15, -0.1) is 0 Å². The molecule has 1 aromatic heterocycles. The molecule has 3 aromatic rings. The van der Waals surface area contributed by atoms with E-state index in [2.05, 4.69) is 0 Å². The number of rotatable bonds is 1. The van der Waals surface area contributed by atoms with Gasteiger partial charge in [0, 0.05) is 11.5 Å². The molecule has 0 radical (unpaired) electrons. The highest BCUT2D eigenvalue weighted by Crippen LogP contribution is 2.31. The Morgan fingerprint density at radius 1 is 1.00 bits per heavy atom. The van der Waals surface area contributed by atoms with Crippen molar-refractivity contribution in [3.8, 4) is 22.6 Å². The number of fused-ring (bicyclic) bond motifs is 1. The van der Waals surface area contributed by atoms with E-state index in [1.54, 1.807) is 6.07 Å². The monoisotopic (exact) mass is 268 g/mol. The van der Waals surface area contributed by atoms with Gasteiger partial charge in [-0.25, -0.2) is 4.79 Å². The molecule has 0 fully saturated rings. The van der Waals surface area contributed by atoms with E-state index in [1.165, 1.54) is 12.1 Å². The summed E-state index contributed by atoms with van der Waals surface area (Å²) >= 11 is 0. The van der Waals surface area contributed by atoms with Crippen molar-refractivity contribution in [2.75, 3.05) is 0 Å². The normalized spacial score (nSPS) is 10.8. The van der Waals surface area contributed by atoms with Crippen LogP contribution in [0.1, 0.15) is 5.56 Å². The fourth-order valence-electron chi connectivity index (χ4n) is 2.16. The van der Waals surface area contributed by atoms with E-state index < -0.39 is 5.63 Å². The number of benzene rings is 2. The van der Waals surface area contributed by atoms with E-state index in [4.69, 9.17) is 4.42 Å². The van der Waals surface area contributed by atoms with E-state index in [-0.39, 0.29) is 17.1 Å². The van der Waals surface area contributed by atoms with Crippen LogP contribution in [0.15, 0.2) is 51.7 Å². The Labute approximate surface area is 114 Å². The summed E-state index contributed by atoms with van der Waals surface area (Å²) in [6.07, 6.45) is 0. The topological polar surface area (TPSA) is 70.7 Å². The highest BCUT2D eigenvalue weighted by Gasteiger charge is 2.10. The number of aryl methyl sites for hydroxylation is 1. The first-order valence-electron chi connectivity index (χ1n) is 6.11. The van der Waals surface area contributed by atoms with Gasteiger partial charge in [0.1, 0.15) is 5.58 Å². The van der Waals surface area contributed by atoms with Crippen LogP contribution in [-0.2, 0) is 0 Å². The summed E-state index contributed by atoms with van der Waals surface area (Å²) in [5.74, 6) is -0.564. The molecule has 0 aliphatic heterocycles. The first-order chi connectivity index (χ1) is 9.54. The van der Waals surface area contributed by atoms with Crippen LogP contribution in [0.25, 0.3) is 22.1 Å². The molecule has 0 atom stereocenters. The fourth-order valence-corrected chi connectivity index (χ4v) is 2.16. The number of aromatic hydroxyl groups is 2. The Balaban J connectivity index is 2.29. The second-order valence-electron chi connectivity index (χ2n) is 4.70. The number of phenols is 2. The Bertz CT molecular complexity index is 862. The smallest absolute Gasteiger partial charge is 0.344 e. The fraction of sp³-hybridized carbons (Fsp3) is 0.0625. The lowest BCUT2D eigenvalue weighted by atomic mass is 10.0. The molecule has 0 spiro atoms. The zero-order valence-electron chi connectivity index (χ0n) is 10.8. The first-order valence-corrected chi connectivity index (χ1v) is 6.11. The van der Waals surface area contributed by atoms with Crippen molar-refractivity contribution in [3.05, 3.63) is 58.4 Å². The minimum Gasteiger partial charge on any atom is -0.504 e. The van der Waals surface area contributed by atoms with E-state index in [0.29, 0.717) is 10.9 Å². The summed E-state index contributed by atoms with van der Waals surface area (Å²) in [7, 11) is 0. The van der Waals surface area contributed by atoms with E-state index in [9.17, 15) is 15.0 Å². The zero-order chi connectivity index (χ0) is 14.3. The van der Waals surface area contributed by atoms with Gasteiger partial charge < -0.3 is 14.6 Å². The van der Waals surface area contributed by atoms with Crippen LogP contribution in [-0.4, -0.2) is 10.2 Å². The molecule has 20 heavy (non-hydrogen) atoms. The summed E-state index contributed by atoms with van der Waals surface area (Å²) in [6, 6.07) is 11.8. The Morgan fingerprint density at radius 3 is 2.50 bits per heavy atom. The highest BCUT2D eigenvalue weighted by atomic mass is 16.4. The average Bonchev–Trinajstić information content (AvgIpc) is 2.40. The van der Waals surface area contributed by atoms with Crippen molar-refractivity contribution < 1.29 is 14.6 Å². The molecule has 3 rings (SSSR count). The largest absolute Gasteiger partial charge is 0.504 e. The van der Waals surface area contributed by atoms with E-state index >= 15 is 0 Å². The van der Waals surface area contributed by atoms with Gasteiger partial charge in [-0.3, -0.25) is 0 Å². The maximum Gasteiger partial charge on any atom is 0.344 e. The first kappa shape index (κ1) is 12.3. The standard InChI is InChI=1S/C16H12O4/c1-9-3-2-4-10(5-9)12-6-11-7-13(17)14(18)8-15(11)20-16(12)19/h2-8,17-18H,1H3. The highest BCUT2D eigenvalue weighted by molar-refractivity contribution is 5.84. The molecular formula is C16H12O4. The van der Waals surface area contributed by atoms with Gasteiger partial charge in [0.2, 0.25) is 0 Å². The molecule has 1 heterocycles. The number of hydrogen-bond acceptors (Lipinski definition) is 4. The summed E-state index contributed by atoms with van der Waals surface area (Å²) in [5.41, 5.74) is 1.98. The van der Waals surface area contributed by atoms with Gasteiger partial charge >= 0.3 is 5.63 Å². The van der Waals surface area contributed by atoms with Crippen LogP contribution in [0.3, 0.4) is 0 Å². The minimum absolute atomic E-state index is 0.238. The third-order valence-corrected chi connectivity index (χ3v) is 3.16. The third kappa shape index (κ3) is 2.01. The van der Waals surface area contributed by atoms with Crippen molar-refractivity contribution in [3.63, 3.8) is 0 Å². The molecule has 0 aliphatic carbocycles. The van der Waals surface area contributed by atoms with Crippen molar-refractivity contribution in [1.82, 2.24) is 0 Å². The minimum atomic E-state index is -0.479. The second-order valence-corrected chi connectivity index (χ2v) is 4.70. The summed E-state index contributed by atoms with van der Waals surface area (Å²) < 4.78 is 5.20. The lowest BCUT2D eigenvalue weighted by Crippen LogP contribution is -2.02. The maximum atomic E-state index is 12.0. The van der Waals surface area contributed by atoms with Crippen LogP contribution in [0.5, 0.6) is 11.5 Å². The predicted molar refractivity (Wildman–Crippen MR) is 76.0 cm³/mol. The molecule has 0 amide bonds. The lowest BCUT2D eigenvalue weighted by molar-refractivity contribution is 0.403. The van der Waals surface area contributed by atoms with Crippen molar-refractivity contribution >= 4 is 11.0 Å². The van der Waals surface area contributed by atoms with Gasteiger partial charge in [-0.1, -0.05) is 29.8 Å². The molecule has 4 heteroatoms. The molecule has 0 unspecified atom stereocenters. The SMILES string of the molecule is Cc1cccc(-c2cc3cc(O)c(O)cc3oc2=O)c1. The Morgan fingerprint density at radius 2 is 1.75 bits per heavy atom. The summed E-state index contributed by atoms with van der Waals surface area (Å²) in [4.78, 5) is 12.0. The number of phenolic OH excluding ortho intramolecular Hbond substituents is 2. The lowest BCUT2D eigenvalue weighted by Gasteiger charge is -2.05. The maximum absolute atomic E-state index is 12.0. The van der Waals surface area contributed by atoms with Gasteiger partial charge in [0.25, 0.3) is 0 Å². The van der Waals surface area contributed by atoms with Crippen molar-refractivity contribution in [2.24, 2.45) is 0 Å². The molecule has 2 aromatic carbocycles. The van der Waals surface area contributed by atoms with E-state index in [1.807, 2.05) is 31.2 Å². The third-order valence-electron chi connectivity index (χ3n) is 3.16. The molecule has 2 N–H and O–H groups in total. The predicted octanol–water partition coefficient (Wildman–Crippen LogP) is 3.18. The quantitative estimate of drug-likeness (QED) is 0.525. The van der Waals surface area contributed by atoms with Gasteiger partial charge in [-0.2, -0.15) is 0 Å². The zero-order valence-corrected chi connectivity index (χ0v) is 10.8. The molecule has 4 nitrogen and oxygen atoms in total. The van der Waals surface area contributed by atoms with Crippen LogP contribution in [0, 0.1) is 6.92 Å². The molecule has 0 aliphatic rings. The van der Waals surface area contributed by atoms with Crippen LogP contribution >= 0.6 is 0 Å². The van der Waals surface area contributed by atoms with Gasteiger partial charge in [0.05, 0.1) is 5.56 Å². The molecule has 0 bridgehead atoms. The van der Waals surface area contributed by atoms with Crippen molar-refractivity contribution in [2.45, 2.75) is 6.92 Å². The summed E-state index contributed by atoms with van der Waals surface area (Å²) in [5, 5.41) is 19.5. The molecule has 100 valence electrons. The average molecular weight is 268 g/mol. The van der Waals surface area contributed by atoms with Crippen LogP contribution in [0.2, 0.25) is 0 Å². The molecular weight excluding hydrogens is 256 g/mol. The van der Waals surface area contributed by atoms with E-state index in [0.717, 1.165) is 11.1 Å². The van der Waals surface area contributed by atoms with Gasteiger partial charge in [-0.05, 0) is 24.6 Å². The second kappa shape index (κ2) is 4.42.